The molecule has 0 bridgehead atoms. The number of nitrogens with two attached hydrogens (primary N) is 1. The van der Waals surface area contributed by atoms with E-state index in [1.807, 2.05) is 32.0 Å². The fourth-order valence-corrected chi connectivity index (χ4v) is 1.15. The maximum Gasteiger partial charge on any atom is 0.0684 e. The lowest BCUT2D eigenvalue weighted by molar-refractivity contribution is 0.519. The summed E-state index contributed by atoms with van der Waals surface area (Å²) in [5, 5.41) is 3.48. The third-order valence-electron chi connectivity index (χ3n) is 2.31. The molecule has 0 aliphatic carbocycles. The molecule has 80 valence electrons. The average Bonchev–Trinajstić information content (AvgIpc) is 2.27. The summed E-state index contributed by atoms with van der Waals surface area (Å²) in [7, 11) is 0. The predicted octanol–water partition coefficient (Wildman–Crippen LogP) is 2.13. The number of hydrogen-bond donors (Lipinski definition) is 1. The van der Waals surface area contributed by atoms with E-state index in [9.17, 15) is 0 Å². The molecular weight excluding hydrogens is 190 g/mol. The summed E-state index contributed by atoms with van der Waals surface area (Å²) in [6, 6.07) is 5.68. The van der Waals surface area contributed by atoms with Gasteiger partial charge in [-0.1, -0.05) is 25.0 Å². The number of azide groups is 1. The standard InChI is InChI=1S/C10H15N5/c1-10(2,7-11)9-5-3-4-8(14-9)6-13-15-12/h3-5H,6-7,11H2,1-2H3. The number of hydrogen-bond acceptors (Lipinski definition) is 3. The zero-order valence-electron chi connectivity index (χ0n) is 9.01. The first-order chi connectivity index (χ1) is 7.10. The average molecular weight is 205 g/mol. The first-order valence-electron chi connectivity index (χ1n) is 4.77. The van der Waals surface area contributed by atoms with Crippen molar-refractivity contribution in [3.05, 3.63) is 40.0 Å². The van der Waals surface area contributed by atoms with Crippen LogP contribution >= 0.6 is 0 Å². The molecular formula is C10H15N5. The molecule has 0 spiro atoms. The molecule has 5 nitrogen and oxygen atoms in total. The van der Waals surface area contributed by atoms with Crippen LogP contribution in [0.15, 0.2) is 23.3 Å². The molecule has 0 saturated heterocycles. The molecule has 0 radical (unpaired) electrons. The van der Waals surface area contributed by atoms with Crippen molar-refractivity contribution in [2.45, 2.75) is 25.8 Å². The Morgan fingerprint density at radius 3 is 2.87 bits per heavy atom. The fourth-order valence-electron chi connectivity index (χ4n) is 1.15. The first-order valence-corrected chi connectivity index (χ1v) is 4.77. The Bertz CT molecular complexity index is 379. The van der Waals surface area contributed by atoms with Gasteiger partial charge in [-0.05, 0) is 17.7 Å². The molecule has 1 aromatic heterocycles. The van der Waals surface area contributed by atoms with Crippen molar-refractivity contribution in [2.24, 2.45) is 10.8 Å². The van der Waals surface area contributed by atoms with Gasteiger partial charge in [-0.25, -0.2) is 0 Å². The quantitative estimate of drug-likeness (QED) is 0.463. The van der Waals surface area contributed by atoms with Crippen LogP contribution in [0.4, 0.5) is 0 Å². The summed E-state index contributed by atoms with van der Waals surface area (Å²) in [4.78, 5) is 7.11. The highest BCUT2D eigenvalue weighted by Gasteiger charge is 2.19. The molecule has 2 N–H and O–H groups in total. The third-order valence-corrected chi connectivity index (χ3v) is 2.31. The van der Waals surface area contributed by atoms with E-state index in [2.05, 4.69) is 15.0 Å². The highest BCUT2D eigenvalue weighted by molar-refractivity contribution is 5.18. The van der Waals surface area contributed by atoms with E-state index in [0.29, 0.717) is 6.54 Å². The number of nitrogens with zero attached hydrogens (tertiary/aromatic N) is 4. The van der Waals surface area contributed by atoms with Crippen molar-refractivity contribution in [1.82, 2.24) is 4.98 Å². The van der Waals surface area contributed by atoms with Crippen LogP contribution in [0.2, 0.25) is 0 Å². The fraction of sp³-hybridized carbons (Fsp3) is 0.500. The van der Waals surface area contributed by atoms with Gasteiger partial charge in [0, 0.05) is 28.3 Å². The van der Waals surface area contributed by atoms with Gasteiger partial charge in [0.25, 0.3) is 0 Å². The van der Waals surface area contributed by atoms with Crippen molar-refractivity contribution in [3.63, 3.8) is 0 Å². The molecule has 0 amide bonds. The van der Waals surface area contributed by atoms with Crippen molar-refractivity contribution < 1.29 is 0 Å². The van der Waals surface area contributed by atoms with Crippen molar-refractivity contribution in [1.29, 1.82) is 0 Å². The Morgan fingerprint density at radius 2 is 2.27 bits per heavy atom. The molecule has 0 aliphatic rings. The van der Waals surface area contributed by atoms with Crippen LogP contribution in [0.1, 0.15) is 25.2 Å². The Kier molecular flexibility index (Phi) is 3.66. The van der Waals surface area contributed by atoms with Gasteiger partial charge in [0.05, 0.1) is 6.54 Å². The highest BCUT2D eigenvalue weighted by Crippen LogP contribution is 2.19. The molecule has 0 saturated carbocycles. The molecule has 0 fully saturated rings. The molecule has 5 heteroatoms. The second-order valence-corrected chi connectivity index (χ2v) is 3.99. The lowest BCUT2D eigenvalue weighted by Crippen LogP contribution is -2.29. The van der Waals surface area contributed by atoms with E-state index in [0.717, 1.165) is 11.4 Å². The lowest BCUT2D eigenvalue weighted by Gasteiger charge is -2.21. The van der Waals surface area contributed by atoms with Gasteiger partial charge in [-0.2, -0.15) is 0 Å². The molecule has 1 rings (SSSR count). The molecule has 1 heterocycles. The van der Waals surface area contributed by atoms with Gasteiger partial charge in [0.1, 0.15) is 0 Å². The molecule has 0 unspecified atom stereocenters. The smallest absolute Gasteiger partial charge is 0.0684 e. The lowest BCUT2D eigenvalue weighted by atomic mass is 9.89. The number of rotatable bonds is 4. The van der Waals surface area contributed by atoms with Gasteiger partial charge in [-0.3, -0.25) is 4.98 Å². The molecule has 0 aliphatic heterocycles. The van der Waals surface area contributed by atoms with Crippen molar-refractivity contribution >= 4 is 0 Å². The molecule has 0 aromatic carbocycles. The van der Waals surface area contributed by atoms with Crippen LogP contribution in [0, 0.1) is 0 Å². The van der Waals surface area contributed by atoms with Gasteiger partial charge in [-0.15, -0.1) is 0 Å². The van der Waals surface area contributed by atoms with Crippen LogP contribution in [-0.2, 0) is 12.0 Å². The van der Waals surface area contributed by atoms with Gasteiger partial charge in [0.2, 0.25) is 0 Å². The van der Waals surface area contributed by atoms with Gasteiger partial charge in [0.15, 0.2) is 0 Å². The first kappa shape index (κ1) is 11.5. The van der Waals surface area contributed by atoms with Crippen molar-refractivity contribution in [2.75, 3.05) is 6.54 Å². The Morgan fingerprint density at radius 1 is 1.53 bits per heavy atom. The van der Waals surface area contributed by atoms with E-state index in [-0.39, 0.29) is 12.0 Å². The van der Waals surface area contributed by atoms with E-state index in [1.165, 1.54) is 0 Å². The SMILES string of the molecule is CC(C)(CN)c1cccc(CN=[N+]=[N-])n1. The number of pyridine rings is 1. The Balaban J connectivity index is 2.96. The monoisotopic (exact) mass is 205 g/mol. The Hall–Kier alpha value is -1.58. The third kappa shape index (κ3) is 2.94. The summed E-state index contributed by atoms with van der Waals surface area (Å²) < 4.78 is 0. The maximum atomic E-state index is 8.21. The van der Waals surface area contributed by atoms with Crippen LogP contribution in [0.25, 0.3) is 10.4 Å². The summed E-state index contributed by atoms with van der Waals surface area (Å²) >= 11 is 0. The minimum absolute atomic E-state index is 0.146. The predicted molar refractivity (Wildman–Crippen MR) is 59.2 cm³/mol. The minimum atomic E-state index is -0.146. The van der Waals surface area contributed by atoms with Crippen molar-refractivity contribution in [3.8, 4) is 0 Å². The van der Waals surface area contributed by atoms with E-state index >= 15 is 0 Å². The van der Waals surface area contributed by atoms with E-state index < -0.39 is 0 Å². The maximum absolute atomic E-state index is 8.21. The zero-order valence-corrected chi connectivity index (χ0v) is 9.01. The van der Waals surface area contributed by atoms with E-state index in [4.69, 9.17) is 11.3 Å². The molecule has 15 heavy (non-hydrogen) atoms. The number of aromatic nitrogens is 1. The molecule has 0 atom stereocenters. The summed E-state index contributed by atoms with van der Waals surface area (Å²) in [5.74, 6) is 0. The highest BCUT2D eigenvalue weighted by atomic mass is 15.1. The summed E-state index contributed by atoms with van der Waals surface area (Å²) in [5.41, 5.74) is 15.4. The van der Waals surface area contributed by atoms with Crippen LogP contribution in [0.5, 0.6) is 0 Å². The van der Waals surface area contributed by atoms with Crippen LogP contribution in [0.3, 0.4) is 0 Å². The van der Waals surface area contributed by atoms with E-state index in [1.54, 1.807) is 0 Å². The zero-order chi connectivity index (χ0) is 11.3. The second-order valence-electron chi connectivity index (χ2n) is 3.99. The summed E-state index contributed by atoms with van der Waals surface area (Å²) in [6.45, 7) is 4.88. The minimum Gasteiger partial charge on any atom is -0.330 e. The van der Waals surface area contributed by atoms with Crippen LogP contribution in [-0.4, -0.2) is 11.5 Å². The van der Waals surface area contributed by atoms with Crippen LogP contribution < -0.4 is 5.73 Å². The van der Waals surface area contributed by atoms with Gasteiger partial charge >= 0.3 is 0 Å². The normalized spacial score (nSPS) is 10.9. The largest absolute Gasteiger partial charge is 0.330 e. The van der Waals surface area contributed by atoms with Gasteiger partial charge < -0.3 is 5.73 Å². The Labute approximate surface area is 88.9 Å². The second kappa shape index (κ2) is 4.77. The molecule has 1 aromatic rings. The summed E-state index contributed by atoms with van der Waals surface area (Å²) in [6.07, 6.45) is 0. The topological polar surface area (TPSA) is 87.7 Å².